The van der Waals surface area contributed by atoms with Gasteiger partial charge in [0.1, 0.15) is 0 Å². The van der Waals surface area contributed by atoms with E-state index in [-0.39, 0.29) is 12.3 Å². The van der Waals surface area contributed by atoms with Crippen LogP contribution in [0.4, 0.5) is 0 Å². The van der Waals surface area contributed by atoms with Crippen molar-refractivity contribution in [2.24, 2.45) is 12.1 Å². The Morgan fingerprint density at radius 2 is 2.24 bits per heavy atom. The highest BCUT2D eigenvalue weighted by Crippen LogP contribution is 2.14. The molecule has 3 rings (SSSR count). The highest BCUT2D eigenvalue weighted by molar-refractivity contribution is 7.16. The summed E-state index contributed by atoms with van der Waals surface area (Å²) in [5.74, 6) is -0.155. The third kappa shape index (κ3) is 3.03. The fourth-order valence-corrected chi connectivity index (χ4v) is 3.58. The van der Waals surface area contributed by atoms with Crippen LogP contribution in [0.25, 0.3) is 10.2 Å². The van der Waals surface area contributed by atoms with Crippen LogP contribution in [0, 0.1) is 6.92 Å². The van der Waals surface area contributed by atoms with Crippen molar-refractivity contribution in [1.29, 1.82) is 0 Å². The Morgan fingerprint density at radius 3 is 2.95 bits per heavy atom. The molecule has 0 bridgehead atoms. The molecule has 0 fully saturated rings. The number of nitrogens with one attached hydrogen (secondary N) is 1. The molecule has 0 radical (unpaired) electrons. The van der Waals surface area contributed by atoms with Crippen LogP contribution in [0.15, 0.2) is 34.7 Å². The van der Waals surface area contributed by atoms with Crippen LogP contribution >= 0.6 is 22.7 Å². The molecule has 0 aliphatic heterocycles. The van der Waals surface area contributed by atoms with E-state index < -0.39 is 0 Å². The molecule has 0 aliphatic carbocycles. The van der Waals surface area contributed by atoms with Gasteiger partial charge in [-0.2, -0.15) is 0 Å². The molecule has 0 spiro atoms. The average Bonchev–Trinajstić information content (AvgIpc) is 3.01. The highest BCUT2D eigenvalue weighted by Gasteiger charge is 2.06. The van der Waals surface area contributed by atoms with E-state index in [1.54, 1.807) is 22.7 Å². The standard InChI is InChI=1S/C14H14N4OS2/c1-9-15-10(8-20-9)7-13(19)16-17-14-18(2)11-5-3-4-6-12(11)21-14/h3-6,8H,7H2,1-2H3,(H,16,19)/b17-14-. The van der Waals surface area contributed by atoms with Crippen molar-refractivity contribution in [3.05, 3.63) is 45.1 Å². The molecule has 3 aromatic rings. The highest BCUT2D eigenvalue weighted by atomic mass is 32.1. The van der Waals surface area contributed by atoms with Gasteiger partial charge in [0.05, 0.1) is 27.3 Å². The third-order valence-electron chi connectivity index (χ3n) is 3.00. The molecule has 108 valence electrons. The third-order valence-corrected chi connectivity index (χ3v) is 4.93. The minimum atomic E-state index is -0.155. The summed E-state index contributed by atoms with van der Waals surface area (Å²) in [6.45, 7) is 1.92. The molecular weight excluding hydrogens is 304 g/mol. The smallest absolute Gasteiger partial charge is 0.246 e. The summed E-state index contributed by atoms with van der Waals surface area (Å²) in [5, 5.41) is 7.06. The lowest BCUT2D eigenvalue weighted by Gasteiger charge is -1.97. The molecular formula is C14H14N4OS2. The number of nitrogens with zero attached hydrogens (tertiary/aromatic N) is 3. The van der Waals surface area contributed by atoms with E-state index >= 15 is 0 Å². The number of fused-ring (bicyclic) bond motifs is 1. The van der Waals surface area contributed by atoms with Crippen molar-refractivity contribution in [1.82, 2.24) is 15.0 Å². The number of amides is 1. The van der Waals surface area contributed by atoms with Crippen LogP contribution in [0.5, 0.6) is 0 Å². The SMILES string of the molecule is Cc1nc(CC(=O)N/N=c2\sc3ccccc3n2C)cs1. The van der Waals surface area contributed by atoms with Crippen LogP contribution in [0.2, 0.25) is 0 Å². The van der Waals surface area contributed by atoms with Crippen LogP contribution in [-0.2, 0) is 18.3 Å². The number of para-hydroxylation sites is 1. The maximum atomic E-state index is 11.9. The molecule has 0 atom stereocenters. The summed E-state index contributed by atoms with van der Waals surface area (Å²) in [7, 11) is 1.94. The van der Waals surface area contributed by atoms with Gasteiger partial charge in [0, 0.05) is 12.4 Å². The van der Waals surface area contributed by atoms with Gasteiger partial charge in [0.25, 0.3) is 0 Å². The maximum Gasteiger partial charge on any atom is 0.246 e. The van der Waals surface area contributed by atoms with E-state index in [1.807, 2.05) is 48.2 Å². The fraction of sp³-hybridized carbons (Fsp3) is 0.214. The molecule has 5 nitrogen and oxygen atoms in total. The lowest BCUT2D eigenvalue weighted by Crippen LogP contribution is -2.24. The summed E-state index contributed by atoms with van der Waals surface area (Å²) in [4.78, 5) is 16.9. The molecule has 1 N–H and O–H groups in total. The zero-order chi connectivity index (χ0) is 14.8. The number of thiazole rings is 2. The van der Waals surface area contributed by atoms with E-state index in [1.165, 1.54) is 0 Å². The number of hydrogen-bond donors (Lipinski definition) is 1. The van der Waals surface area contributed by atoms with Gasteiger partial charge < -0.3 is 4.57 Å². The van der Waals surface area contributed by atoms with Gasteiger partial charge in [-0.1, -0.05) is 23.5 Å². The van der Waals surface area contributed by atoms with E-state index in [0.29, 0.717) is 0 Å². The van der Waals surface area contributed by atoms with E-state index in [0.717, 1.165) is 25.7 Å². The largest absolute Gasteiger partial charge is 0.318 e. The van der Waals surface area contributed by atoms with Gasteiger partial charge in [-0.3, -0.25) is 4.79 Å². The molecule has 2 aromatic heterocycles. The Hall–Kier alpha value is -1.99. The molecule has 1 aromatic carbocycles. The first-order valence-corrected chi connectivity index (χ1v) is 8.11. The monoisotopic (exact) mass is 318 g/mol. The molecule has 7 heteroatoms. The number of hydrogen-bond acceptors (Lipinski definition) is 5. The zero-order valence-electron chi connectivity index (χ0n) is 11.7. The number of aryl methyl sites for hydroxylation is 2. The lowest BCUT2D eigenvalue weighted by atomic mass is 10.3. The van der Waals surface area contributed by atoms with Crippen LogP contribution < -0.4 is 10.2 Å². The summed E-state index contributed by atoms with van der Waals surface area (Å²) in [6, 6.07) is 8.05. The van der Waals surface area contributed by atoms with Gasteiger partial charge in [-0.25, -0.2) is 10.4 Å². The first-order valence-electron chi connectivity index (χ1n) is 6.41. The molecule has 0 aliphatic rings. The van der Waals surface area contributed by atoms with Crippen LogP contribution in [0.1, 0.15) is 10.7 Å². The molecule has 1 amide bonds. The zero-order valence-corrected chi connectivity index (χ0v) is 13.3. The second-order valence-electron chi connectivity index (χ2n) is 4.59. The van der Waals surface area contributed by atoms with Gasteiger partial charge in [-0.15, -0.1) is 16.4 Å². The lowest BCUT2D eigenvalue weighted by molar-refractivity contribution is -0.120. The fourth-order valence-electron chi connectivity index (χ4n) is 1.99. The summed E-state index contributed by atoms with van der Waals surface area (Å²) in [5.41, 5.74) is 4.48. The minimum absolute atomic E-state index is 0.155. The van der Waals surface area contributed by atoms with Gasteiger partial charge in [-0.05, 0) is 19.1 Å². The number of rotatable bonds is 3. The first-order chi connectivity index (χ1) is 10.1. The predicted molar refractivity (Wildman–Crippen MR) is 85.1 cm³/mol. The Labute approximate surface area is 129 Å². The number of carbonyl (C=O) groups excluding carboxylic acids is 1. The first kappa shape index (κ1) is 14.0. The van der Waals surface area contributed by atoms with Crippen LogP contribution in [-0.4, -0.2) is 15.5 Å². The van der Waals surface area contributed by atoms with Crippen LogP contribution in [0.3, 0.4) is 0 Å². The van der Waals surface area contributed by atoms with Crippen molar-refractivity contribution in [3.63, 3.8) is 0 Å². The Balaban J connectivity index is 1.78. The Bertz CT molecular complexity index is 859. The molecule has 21 heavy (non-hydrogen) atoms. The molecule has 2 heterocycles. The van der Waals surface area contributed by atoms with Gasteiger partial charge >= 0.3 is 0 Å². The second-order valence-corrected chi connectivity index (χ2v) is 6.66. The quantitative estimate of drug-likeness (QED) is 0.753. The Kier molecular flexibility index (Phi) is 3.85. The minimum Gasteiger partial charge on any atom is -0.318 e. The number of benzene rings is 1. The average molecular weight is 318 g/mol. The van der Waals surface area contributed by atoms with Crippen molar-refractivity contribution in [2.75, 3.05) is 0 Å². The summed E-state index contributed by atoms with van der Waals surface area (Å²) in [6.07, 6.45) is 0.252. The van der Waals surface area contributed by atoms with Crippen molar-refractivity contribution in [3.8, 4) is 0 Å². The van der Waals surface area contributed by atoms with E-state index in [4.69, 9.17) is 0 Å². The second kappa shape index (κ2) is 5.79. The number of aromatic nitrogens is 2. The molecule has 0 saturated heterocycles. The van der Waals surface area contributed by atoms with Crippen molar-refractivity contribution in [2.45, 2.75) is 13.3 Å². The van der Waals surface area contributed by atoms with E-state index in [9.17, 15) is 4.79 Å². The topological polar surface area (TPSA) is 59.3 Å². The Morgan fingerprint density at radius 1 is 1.43 bits per heavy atom. The number of carbonyl (C=O) groups is 1. The van der Waals surface area contributed by atoms with Crippen molar-refractivity contribution < 1.29 is 4.79 Å². The molecule has 0 saturated carbocycles. The van der Waals surface area contributed by atoms with Gasteiger partial charge in [0.15, 0.2) is 0 Å². The summed E-state index contributed by atoms with van der Waals surface area (Å²) >= 11 is 3.09. The normalized spacial score (nSPS) is 12.0. The predicted octanol–water partition coefficient (Wildman–Crippen LogP) is 2.18. The maximum absolute atomic E-state index is 11.9. The van der Waals surface area contributed by atoms with Crippen molar-refractivity contribution >= 4 is 38.8 Å². The van der Waals surface area contributed by atoms with Gasteiger partial charge in [0.2, 0.25) is 10.7 Å². The molecule has 0 unspecified atom stereocenters. The van der Waals surface area contributed by atoms with E-state index in [2.05, 4.69) is 15.5 Å². The summed E-state index contributed by atoms with van der Waals surface area (Å²) < 4.78 is 3.11.